The van der Waals surface area contributed by atoms with Crippen molar-refractivity contribution in [3.05, 3.63) is 52.6 Å². The van der Waals surface area contributed by atoms with E-state index < -0.39 is 52.2 Å². The van der Waals surface area contributed by atoms with Crippen LogP contribution in [0.15, 0.2) is 35.4 Å². The van der Waals surface area contributed by atoms with Crippen molar-refractivity contribution in [1.29, 1.82) is 0 Å². The molecule has 0 spiro atoms. The van der Waals surface area contributed by atoms with Gasteiger partial charge < -0.3 is 9.64 Å². The van der Waals surface area contributed by atoms with Gasteiger partial charge in [0.2, 0.25) is 0 Å². The molecule has 0 N–H and O–H groups in total. The van der Waals surface area contributed by atoms with E-state index in [0.29, 0.717) is 44.6 Å². The molecule has 0 heterocycles. The molecule has 5 nitrogen and oxygen atoms in total. The molecule has 0 saturated carbocycles. The van der Waals surface area contributed by atoms with Gasteiger partial charge in [-0.25, -0.2) is 17.2 Å². The summed E-state index contributed by atoms with van der Waals surface area (Å²) >= 11 is 0. The summed E-state index contributed by atoms with van der Waals surface area (Å²) in [5.74, 6) is -6.90. The van der Waals surface area contributed by atoms with Crippen molar-refractivity contribution >= 4 is 21.2 Å². The van der Waals surface area contributed by atoms with Crippen LogP contribution in [0.3, 0.4) is 0 Å². The summed E-state index contributed by atoms with van der Waals surface area (Å²) in [4.78, 5) is 14.4. The molecule has 0 radical (unpaired) electrons. The van der Waals surface area contributed by atoms with Gasteiger partial charge >= 0.3 is 12.1 Å². The first-order valence-corrected chi connectivity index (χ1v) is 18.6. The van der Waals surface area contributed by atoms with E-state index >= 15 is 0 Å². The van der Waals surface area contributed by atoms with E-state index in [4.69, 9.17) is 4.74 Å². The van der Waals surface area contributed by atoms with E-state index in [0.717, 1.165) is 67.7 Å². The number of ether oxygens (including phenoxy) is 1. The number of ketones is 1. The average molecular weight is 712 g/mol. The quantitative estimate of drug-likeness (QED) is 0.106. The number of fused-ring (bicyclic) bond motifs is 1. The van der Waals surface area contributed by atoms with Crippen LogP contribution >= 0.6 is 0 Å². The van der Waals surface area contributed by atoms with Crippen molar-refractivity contribution < 1.29 is 48.7 Å². The molecular formula is C35H48F7NO4S. The number of benzene rings is 1. The molecule has 0 amide bonds. The number of hydrogen-bond donors (Lipinski definition) is 0. The van der Waals surface area contributed by atoms with Gasteiger partial charge in [-0.1, -0.05) is 30.9 Å². The minimum absolute atomic E-state index is 0.0634. The number of halogens is 7. The molecule has 3 rings (SSSR count). The molecule has 1 aromatic rings. The standard InChI is InChI=1S/C35H48F7NO4S/c1-25-20-30(44)23-26-10-7-12-31(27-21-28(36)24-29(37)22-27)32(33(25)26)11-5-3-4-6-14-43(16-17-47-2)15-9-19-48(45,46)18-8-13-34(38,39)35(40,41)42/h21-25,33H,3-20H2,1-2H3. The van der Waals surface area contributed by atoms with Gasteiger partial charge in [0.05, 0.1) is 18.1 Å². The fourth-order valence-corrected chi connectivity index (χ4v) is 8.32. The van der Waals surface area contributed by atoms with Crippen molar-refractivity contribution in [2.45, 2.75) is 96.1 Å². The molecule has 0 fully saturated rings. The highest BCUT2D eigenvalue weighted by Gasteiger charge is 2.56. The Morgan fingerprint density at radius 2 is 1.52 bits per heavy atom. The Labute approximate surface area is 279 Å². The first kappa shape index (κ1) is 40.2. The van der Waals surface area contributed by atoms with Crippen LogP contribution in [0, 0.1) is 23.5 Å². The fourth-order valence-electron chi connectivity index (χ4n) is 6.96. The zero-order valence-electron chi connectivity index (χ0n) is 27.8. The second kappa shape index (κ2) is 18.1. The molecule has 272 valence electrons. The zero-order valence-corrected chi connectivity index (χ0v) is 28.6. The number of carbonyl (C=O) groups is 1. The summed E-state index contributed by atoms with van der Waals surface area (Å²) in [5, 5.41) is 0. The molecule has 0 aromatic heterocycles. The van der Waals surface area contributed by atoms with Crippen molar-refractivity contribution in [1.82, 2.24) is 4.90 Å². The molecule has 2 unspecified atom stereocenters. The number of unbranched alkanes of at least 4 members (excludes halogenated alkanes) is 3. The second-order valence-electron chi connectivity index (χ2n) is 13.2. The number of allylic oxidation sites excluding steroid dienone is 4. The number of hydrogen-bond acceptors (Lipinski definition) is 5. The van der Waals surface area contributed by atoms with Crippen LogP contribution in [-0.2, 0) is 19.4 Å². The third kappa shape index (κ3) is 12.3. The Morgan fingerprint density at radius 3 is 2.19 bits per heavy atom. The summed E-state index contributed by atoms with van der Waals surface area (Å²) in [7, 11) is -2.23. The maximum Gasteiger partial charge on any atom is 0.453 e. The zero-order chi connectivity index (χ0) is 35.5. The third-order valence-electron chi connectivity index (χ3n) is 9.28. The maximum atomic E-state index is 14.2. The van der Waals surface area contributed by atoms with Gasteiger partial charge in [-0.15, -0.1) is 0 Å². The summed E-state index contributed by atoms with van der Waals surface area (Å²) in [6.45, 7) is 4.13. The van der Waals surface area contributed by atoms with Gasteiger partial charge in [-0.2, -0.15) is 22.0 Å². The molecule has 0 bridgehead atoms. The maximum absolute atomic E-state index is 14.2. The molecule has 48 heavy (non-hydrogen) atoms. The van der Waals surface area contributed by atoms with Crippen LogP contribution in [0.2, 0.25) is 0 Å². The van der Waals surface area contributed by atoms with Gasteiger partial charge in [0.25, 0.3) is 0 Å². The fraction of sp³-hybridized carbons (Fsp3) is 0.686. The highest BCUT2D eigenvalue weighted by molar-refractivity contribution is 7.91. The minimum atomic E-state index is -5.70. The Kier molecular flexibility index (Phi) is 15.2. The number of sulfone groups is 1. The second-order valence-corrected chi connectivity index (χ2v) is 15.5. The largest absolute Gasteiger partial charge is 0.453 e. The Hall–Kier alpha value is -2.25. The molecule has 0 saturated heterocycles. The lowest BCUT2D eigenvalue weighted by Crippen LogP contribution is -2.36. The lowest BCUT2D eigenvalue weighted by molar-refractivity contribution is -0.284. The minimum Gasteiger partial charge on any atom is -0.383 e. The predicted octanol–water partition coefficient (Wildman–Crippen LogP) is 8.74. The summed E-state index contributed by atoms with van der Waals surface area (Å²) in [6, 6.07) is 3.64. The molecular weight excluding hydrogens is 663 g/mol. The van der Waals surface area contributed by atoms with Gasteiger partial charge in [-0.05, 0) is 99.7 Å². The molecule has 2 aliphatic carbocycles. The number of methoxy groups -OCH3 is 1. The van der Waals surface area contributed by atoms with Crippen LogP contribution < -0.4 is 0 Å². The van der Waals surface area contributed by atoms with Crippen LogP contribution in [0.1, 0.15) is 89.5 Å². The normalized spacial score (nSPS) is 19.5. The van der Waals surface area contributed by atoms with Crippen molar-refractivity contribution in [3.63, 3.8) is 0 Å². The topological polar surface area (TPSA) is 63.7 Å². The Bertz CT molecular complexity index is 1370. The summed E-state index contributed by atoms with van der Waals surface area (Å²) < 4.78 is 122. The number of nitrogens with zero attached hydrogens (tertiary/aromatic N) is 1. The lowest BCUT2D eigenvalue weighted by Gasteiger charge is -2.32. The Balaban J connectivity index is 1.54. The van der Waals surface area contributed by atoms with Crippen molar-refractivity contribution in [2.24, 2.45) is 11.8 Å². The van der Waals surface area contributed by atoms with Crippen LogP contribution in [-0.4, -0.2) is 76.1 Å². The molecule has 2 aliphatic rings. The van der Waals surface area contributed by atoms with Gasteiger partial charge in [-0.3, -0.25) is 4.79 Å². The third-order valence-corrected chi connectivity index (χ3v) is 11.1. The summed E-state index contributed by atoms with van der Waals surface area (Å²) in [6.07, 6.45) is 0.844. The smallest absolute Gasteiger partial charge is 0.383 e. The highest BCUT2D eigenvalue weighted by Crippen LogP contribution is 2.46. The first-order valence-electron chi connectivity index (χ1n) is 16.8. The van der Waals surface area contributed by atoms with Crippen LogP contribution in [0.4, 0.5) is 30.7 Å². The average Bonchev–Trinajstić information content (AvgIpc) is 3.15. The Morgan fingerprint density at radius 1 is 0.875 bits per heavy atom. The van der Waals surface area contributed by atoms with Gasteiger partial charge in [0, 0.05) is 38.5 Å². The number of alkyl halides is 5. The van der Waals surface area contributed by atoms with E-state index in [9.17, 15) is 43.9 Å². The van der Waals surface area contributed by atoms with Gasteiger partial charge in [0.15, 0.2) is 5.78 Å². The first-order chi connectivity index (χ1) is 22.5. The van der Waals surface area contributed by atoms with E-state index in [2.05, 4.69) is 11.8 Å². The lowest BCUT2D eigenvalue weighted by atomic mass is 9.72. The molecule has 1 aromatic carbocycles. The van der Waals surface area contributed by atoms with E-state index in [1.54, 1.807) is 13.2 Å². The van der Waals surface area contributed by atoms with E-state index in [-0.39, 0.29) is 29.8 Å². The predicted molar refractivity (Wildman–Crippen MR) is 172 cm³/mol. The monoisotopic (exact) mass is 711 g/mol. The molecule has 0 aliphatic heterocycles. The van der Waals surface area contributed by atoms with E-state index in [1.165, 1.54) is 12.1 Å². The van der Waals surface area contributed by atoms with E-state index in [1.807, 2.05) is 0 Å². The SMILES string of the molecule is COCCN(CCCCCCC1=C(c2cc(F)cc(F)c2)CCCC2=CC(=O)CC(C)C21)CCCS(=O)(=O)CCCC(F)(F)C(F)(F)F. The van der Waals surface area contributed by atoms with Gasteiger partial charge in [0.1, 0.15) is 21.5 Å². The van der Waals surface area contributed by atoms with Crippen molar-refractivity contribution in [3.8, 4) is 0 Å². The highest BCUT2D eigenvalue weighted by atomic mass is 32.2. The van der Waals surface area contributed by atoms with Crippen LogP contribution in [0.25, 0.3) is 5.57 Å². The summed E-state index contributed by atoms with van der Waals surface area (Å²) in [5.41, 5.74) is 3.80. The number of rotatable bonds is 19. The number of carbonyl (C=O) groups excluding carboxylic acids is 1. The molecule has 13 heteroatoms. The van der Waals surface area contributed by atoms with Crippen molar-refractivity contribution in [2.75, 3.05) is 44.9 Å². The van der Waals surface area contributed by atoms with Crippen LogP contribution in [0.5, 0.6) is 0 Å². The molecule has 2 atom stereocenters.